The number of nitrogens with zero attached hydrogens (tertiary/aromatic N) is 1. The minimum Gasteiger partial charge on any atom is -0.315 e. The van der Waals surface area contributed by atoms with E-state index < -0.39 is 0 Å². The highest BCUT2D eigenvalue weighted by Crippen LogP contribution is 2.48. The zero-order valence-electron chi connectivity index (χ0n) is 14.0. The summed E-state index contributed by atoms with van der Waals surface area (Å²) >= 11 is 0. The predicted molar refractivity (Wildman–Crippen MR) is 93.5 cm³/mol. The Morgan fingerprint density at radius 1 is 1.19 bits per heavy atom. The Morgan fingerprint density at radius 3 is 2.43 bits per heavy atom. The standard InChI is InChI=1S/C20H27N/c1-7-12-15(4)21-18(9-3)16(8-2)20(5,6)17-13-10-11-14-19(17)21/h7,10-14H,4,8-9H2,1-3,5-6H3/b12-7-. The highest BCUT2D eigenvalue weighted by atomic mass is 15.2. The van der Waals surface area contributed by atoms with Gasteiger partial charge in [0, 0.05) is 22.5 Å². The Morgan fingerprint density at radius 2 is 1.86 bits per heavy atom. The van der Waals surface area contributed by atoms with Gasteiger partial charge in [-0.25, -0.2) is 0 Å². The van der Waals surface area contributed by atoms with Crippen LogP contribution in [0.1, 0.15) is 53.0 Å². The largest absolute Gasteiger partial charge is 0.315 e. The van der Waals surface area contributed by atoms with E-state index in [0.29, 0.717) is 0 Å². The predicted octanol–water partition coefficient (Wildman–Crippen LogP) is 5.95. The minimum atomic E-state index is 0.0867. The molecule has 0 bridgehead atoms. The van der Waals surface area contributed by atoms with Crippen molar-refractivity contribution in [3.63, 3.8) is 0 Å². The Bertz CT molecular complexity index is 602. The van der Waals surface area contributed by atoms with Crippen molar-refractivity contribution in [3.05, 3.63) is 65.5 Å². The molecule has 1 heterocycles. The van der Waals surface area contributed by atoms with Gasteiger partial charge in [0.1, 0.15) is 0 Å². The van der Waals surface area contributed by atoms with Gasteiger partial charge in [-0.15, -0.1) is 0 Å². The number of fused-ring (bicyclic) bond motifs is 1. The molecule has 0 radical (unpaired) electrons. The van der Waals surface area contributed by atoms with E-state index in [0.717, 1.165) is 18.5 Å². The van der Waals surface area contributed by atoms with Gasteiger partial charge in [0.25, 0.3) is 0 Å². The van der Waals surface area contributed by atoms with E-state index in [9.17, 15) is 0 Å². The van der Waals surface area contributed by atoms with Crippen LogP contribution in [0.2, 0.25) is 0 Å². The fourth-order valence-electron chi connectivity index (χ4n) is 3.61. The zero-order chi connectivity index (χ0) is 15.6. The van der Waals surface area contributed by atoms with Gasteiger partial charge in [-0.1, -0.05) is 58.5 Å². The second kappa shape index (κ2) is 5.93. The van der Waals surface area contributed by atoms with E-state index >= 15 is 0 Å². The Labute approximate surface area is 129 Å². The van der Waals surface area contributed by atoms with Crippen LogP contribution in [0, 0.1) is 0 Å². The number of hydrogen-bond donors (Lipinski definition) is 0. The van der Waals surface area contributed by atoms with Crippen molar-refractivity contribution < 1.29 is 0 Å². The van der Waals surface area contributed by atoms with E-state index in [1.54, 1.807) is 0 Å². The number of para-hydroxylation sites is 1. The number of benzene rings is 1. The van der Waals surface area contributed by atoms with E-state index in [-0.39, 0.29) is 5.41 Å². The van der Waals surface area contributed by atoms with Crippen LogP contribution in [0.4, 0.5) is 5.69 Å². The highest BCUT2D eigenvalue weighted by Gasteiger charge is 2.36. The van der Waals surface area contributed by atoms with Gasteiger partial charge in [-0.2, -0.15) is 0 Å². The molecule has 0 N–H and O–H groups in total. The molecule has 1 nitrogen and oxygen atoms in total. The second-order valence-electron chi connectivity index (χ2n) is 6.10. The lowest BCUT2D eigenvalue weighted by Gasteiger charge is -2.44. The molecule has 0 unspecified atom stereocenters. The molecule has 0 aliphatic carbocycles. The molecular formula is C20H27N. The lowest BCUT2D eigenvalue weighted by Crippen LogP contribution is -2.35. The van der Waals surface area contributed by atoms with Crippen molar-refractivity contribution >= 4 is 5.69 Å². The average Bonchev–Trinajstić information content (AvgIpc) is 2.46. The fraction of sp³-hybridized carbons (Fsp3) is 0.400. The van der Waals surface area contributed by atoms with Crippen molar-refractivity contribution in [1.29, 1.82) is 0 Å². The third-order valence-electron chi connectivity index (χ3n) is 4.53. The molecule has 1 heteroatoms. The average molecular weight is 281 g/mol. The van der Waals surface area contributed by atoms with Crippen LogP contribution in [-0.2, 0) is 5.41 Å². The van der Waals surface area contributed by atoms with Crippen LogP contribution in [-0.4, -0.2) is 0 Å². The Hall–Kier alpha value is -1.76. The highest BCUT2D eigenvalue weighted by molar-refractivity contribution is 5.71. The number of hydrogen-bond acceptors (Lipinski definition) is 1. The van der Waals surface area contributed by atoms with Gasteiger partial charge in [0.2, 0.25) is 0 Å². The molecule has 0 fully saturated rings. The number of anilines is 1. The summed E-state index contributed by atoms with van der Waals surface area (Å²) in [4.78, 5) is 2.35. The SMILES string of the molecule is C=C(/C=C\C)N1C(CC)=C(CC)C(C)(C)c2ccccc21. The molecule has 21 heavy (non-hydrogen) atoms. The molecule has 1 aromatic carbocycles. The summed E-state index contributed by atoms with van der Waals surface area (Å²) in [5.41, 5.74) is 6.73. The first kappa shape index (κ1) is 15.6. The van der Waals surface area contributed by atoms with Gasteiger partial charge in [-0.3, -0.25) is 0 Å². The van der Waals surface area contributed by atoms with E-state index in [4.69, 9.17) is 0 Å². The molecular weight excluding hydrogens is 254 g/mol. The topological polar surface area (TPSA) is 3.24 Å². The molecule has 0 aromatic heterocycles. The summed E-state index contributed by atoms with van der Waals surface area (Å²) in [5.74, 6) is 0. The molecule has 0 saturated carbocycles. The van der Waals surface area contributed by atoms with Gasteiger partial charge in [-0.05, 0) is 43.0 Å². The van der Waals surface area contributed by atoms with Gasteiger partial charge >= 0.3 is 0 Å². The van der Waals surface area contributed by atoms with Gasteiger partial charge < -0.3 is 4.90 Å². The summed E-state index contributed by atoms with van der Waals surface area (Å²) in [6.07, 6.45) is 6.25. The fourth-order valence-corrected chi connectivity index (χ4v) is 3.61. The van der Waals surface area contributed by atoms with Crippen molar-refractivity contribution in [2.45, 2.75) is 52.9 Å². The first-order valence-electron chi connectivity index (χ1n) is 7.92. The normalized spacial score (nSPS) is 17.3. The first-order valence-corrected chi connectivity index (χ1v) is 7.92. The third kappa shape index (κ3) is 2.46. The number of rotatable bonds is 4. The molecule has 2 rings (SSSR count). The molecule has 1 aromatic rings. The zero-order valence-corrected chi connectivity index (χ0v) is 14.0. The minimum absolute atomic E-state index is 0.0867. The van der Waals surface area contributed by atoms with E-state index in [1.165, 1.54) is 22.5 Å². The molecule has 0 spiro atoms. The Balaban J connectivity index is 2.75. The molecule has 0 amide bonds. The van der Waals surface area contributed by atoms with Crippen LogP contribution in [0.15, 0.2) is 60.0 Å². The quantitative estimate of drug-likeness (QED) is 0.616. The summed E-state index contributed by atoms with van der Waals surface area (Å²) in [6, 6.07) is 8.73. The van der Waals surface area contributed by atoms with Gasteiger partial charge in [0.15, 0.2) is 0 Å². The smallest absolute Gasteiger partial charge is 0.0498 e. The second-order valence-corrected chi connectivity index (χ2v) is 6.10. The maximum atomic E-state index is 4.29. The van der Waals surface area contributed by atoms with E-state index in [2.05, 4.69) is 75.6 Å². The van der Waals surface area contributed by atoms with Crippen LogP contribution >= 0.6 is 0 Å². The monoisotopic (exact) mass is 281 g/mol. The summed E-state index contributed by atoms with van der Waals surface area (Å²) < 4.78 is 0. The van der Waals surface area contributed by atoms with Crippen LogP contribution in [0.3, 0.4) is 0 Å². The van der Waals surface area contributed by atoms with Crippen molar-refractivity contribution in [2.24, 2.45) is 0 Å². The van der Waals surface area contributed by atoms with Gasteiger partial charge in [0.05, 0.1) is 0 Å². The van der Waals surface area contributed by atoms with Crippen molar-refractivity contribution in [1.82, 2.24) is 0 Å². The van der Waals surface area contributed by atoms with Crippen molar-refractivity contribution in [3.8, 4) is 0 Å². The lowest BCUT2D eigenvalue weighted by molar-refractivity contribution is 0.572. The van der Waals surface area contributed by atoms with Crippen LogP contribution < -0.4 is 4.90 Å². The maximum Gasteiger partial charge on any atom is 0.0498 e. The summed E-state index contributed by atoms with van der Waals surface area (Å²) in [6.45, 7) is 15.5. The van der Waals surface area contributed by atoms with E-state index in [1.807, 2.05) is 6.92 Å². The molecule has 0 saturated heterocycles. The van der Waals surface area contributed by atoms with Crippen molar-refractivity contribution in [2.75, 3.05) is 4.90 Å². The lowest BCUT2D eigenvalue weighted by atomic mass is 9.72. The van der Waals surface area contributed by atoms with Crippen LogP contribution in [0.25, 0.3) is 0 Å². The number of allylic oxidation sites excluding steroid dienone is 4. The molecule has 0 atom stereocenters. The first-order chi connectivity index (χ1) is 9.98. The summed E-state index contributed by atoms with van der Waals surface area (Å²) in [7, 11) is 0. The molecule has 112 valence electrons. The maximum absolute atomic E-state index is 4.29. The molecule has 1 aliphatic heterocycles. The third-order valence-corrected chi connectivity index (χ3v) is 4.53. The molecule has 1 aliphatic rings. The summed E-state index contributed by atoms with van der Waals surface area (Å²) in [5, 5.41) is 0. The van der Waals surface area contributed by atoms with Crippen LogP contribution in [0.5, 0.6) is 0 Å². The Kier molecular flexibility index (Phi) is 4.41.